The summed E-state index contributed by atoms with van der Waals surface area (Å²) in [5.41, 5.74) is 7.12. The van der Waals surface area contributed by atoms with E-state index < -0.39 is 0 Å². The first-order chi connectivity index (χ1) is 19.2. The van der Waals surface area contributed by atoms with Crippen molar-refractivity contribution in [2.75, 3.05) is 31.1 Å². The zero-order chi connectivity index (χ0) is 27.0. The summed E-state index contributed by atoms with van der Waals surface area (Å²) in [4.78, 5) is 17.1. The van der Waals surface area contributed by atoms with Gasteiger partial charge in [-0.15, -0.1) is 0 Å². The van der Waals surface area contributed by atoms with E-state index in [1.165, 1.54) is 16.5 Å². The summed E-state index contributed by atoms with van der Waals surface area (Å²) in [6, 6.07) is 9.38. The number of fused-ring (bicyclic) bond motifs is 1. The summed E-state index contributed by atoms with van der Waals surface area (Å²) in [5, 5.41) is 5.14. The van der Waals surface area contributed by atoms with Gasteiger partial charge in [-0.25, -0.2) is 14.8 Å². The molecule has 0 spiro atoms. The molecular weight excluding hydrogens is 488 g/mol. The van der Waals surface area contributed by atoms with Crippen molar-refractivity contribution < 1.29 is 9.57 Å². The molecule has 5 rings (SSSR count). The Hall–Kier alpha value is -2.94. The van der Waals surface area contributed by atoms with E-state index in [1.54, 1.807) is 0 Å². The maximum absolute atomic E-state index is 5.62. The monoisotopic (exact) mass is 532 g/mol. The van der Waals surface area contributed by atoms with Crippen LogP contribution in [0.2, 0.25) is 0 Å². The molecule has 2 N–H and O–H groups in total. The number of para-hydroxylation sites is 1. The topological polar surface area (TPSA) is 76.5 Å². The molecule has 8 nitrogen and oxygen atoms in total. The Morgan fingerprint density at radius 2 is 1.87 bits per heavy atom. The average Bonchev–Trinajstić information content (AvgIpc) is 3.36. The number of anilines is 1. The summed E-state index contributed by atoms with van der Waals surface area (Å²) in [6.07, 6.45) is 13.5. The van der Waals surface area contributed by atoms with Gasteiger partial charge < -0.3 is 19.5 Å². The van der Waals surface area contributed by atoms with Crippen LogP contribution in [-0.4, -0.2) is 47.1 Å². The lowest BCUT2D eigenvalue weighted by molar-refractivity contribution is -0.184. The molecular formula is C31H44N6O2. The molecule has 0 amide bonds. The first kappa shape index (κ1) is 27.6. The number of piperidine rings is 1. The number of aromatic nitrogens is 3. The summed E-state index contributed by atoms with van der Waals surface area (Å²) in [5.74, 6) is 1.44. The van der Waals surface area contributed by atoms with Crippen molar-refractivity contribution >= 4 is 22.5 Å². The molecule has 8 heteroatoms. The first-order valence-electron chi connectivity index (χ1n) is 14.7. The third-order valence-electron chi connectivity index (χ3n) is 8.24. The van der Waals surface area contributed by atoms with Crippen LogP contribution in [-0.2, 0) is 16.1 Å². The summed E-state index contributed by atoms with van der Waals surface area (Å²) in [7, 11) is 0. The average molecular weight is 533 g/mol. The van der Waals surface area contributed by atoms with Gasteiger partial charge in [0, 0.05) is 73.8 Å². The number of rotatable bonds is 12. The zero-order valence-corrected chi connectivity index (χ0v) is 23.6. The van der Waals surface area contributed by atoms with Gasteiger partial charge in [-0.2, -0.15) is 0 Å². The molecule has 39 heavy (non-hydrogen) atoms. The van der Waals surface area contributed by atoms with Crippen LogP contribution in [0.4, 0.5) is 5.95 Å². The van der Waals surface area contributed by atoms with Gasteiger partial charge in [-0.3, -0.25) is 5.48 Å². The van der Waals surface area contributed by atoms with Gasteiger partial charge in [0.15, 0.2) is 6.29 Å². The molecule has 2 aromatic heterocycles. The molecule has 4 heterocycles. The van der Waals surface area contributed by atoms with Crippen LogP contribution in [0.5, 0.6) is 0 Å². The summed E-state index contributed by atoms with van der Waals surface area (Å²) < 4.78 is 8.07. The fraction of sp³-hybridized carbons (Fsp3) is 0.548. The summed E-state index contributed by atoms with van der Waals surface area (Å²) in [6.45, 7) is 13.3. The van der Waals surface area contributed by atoms with E-state index >= 15 is 0 Å². The van der Waals surface area contributed by atoms with E-state index in [4.69, 9.17) is 9.57 Å². The highest BCUT2D eigenvalue weighted by atomic mass is 16.8. The first-order valence-corrected chi connectivity index (χ1v) is 14.7. The SMILES string of the molecule is C=C(NOC1CCCCO1)c1cnc(N2CCC(CNCc3cn(C(CC)CC)c4ccccc34)CC2)nc1. The van der Waals surface area contributed by atoms with Gasteiger partial charge in [-0.05, 0) is 62.6 Å². The van der Waals surface area contributed by atoms with Crippen molar-refractivity contribution in [1.29, 1.82) is 0 Å². The zero-order valence-electron chi connectivity index (χ0n) is 23.6. The van der Waals surface area contributed by atoms with Gasteiger partial charge in [-0.1, -0.05) is 38.6 Å². The predicted octanol–water partition coefficient (Wildman–Crippen LogP) is 5.82. The fourth-order valence-electron chi connectivity index (χ4n) is 5.79. The van der Waals surface area contributed by atoms with E-state index in [9.17, 15) is 0 Å². The Balaban J connectivity index is 1.07. The van der Waals surface area contributed by atoms with E-state index in [1.807, 2.05) is 12.4 Å². The number of nitrogens with one attached hydrogen (secondary N) is 2. The minimum atomic E-state index is -0.221. The normalized spacial score (nSPS) is 18.6. The molecule has 2 saturated heterocycles. The smallest absolute Gasteiger partial charge is 0.225 e. The second kappa shape index (κ2) is 13.4. The highest BCUT2D eigenvalue weighted by Gasteiger charge is 2.22. The van der Waals surface area contributed by atoms with Crippen molar-refractivity contribution in [2.24, 2.45) is 5.92 Å². The van der Waals surface area contributed by atoms with Gasteiger partial charge in [0.05, 0.1) is 5.70 Å². The Morgan fingerprint density at radius 1 is 1.10 bits per heavy atom. The van der Waals surface area contributed by atoms with Crippen LogP contribution < -0.4 is 15.7 Å². The summed E-state index contributed by atoms with van der Waals surface area (Å²) >= 11 is 0. The Morgan fingerprint density at radius 3 is 2.59 bits per heavy atom. The van der Waals surface area contributed by atoms with Crippen LogP contribution in [0, 0.1) is 5.92 Å². The molecule has 0 bridgehead atoms. The molecule has 1 aromatic carbocycles. The van der Waals surface area contributed by atoms with Crippen LogP contribution in [0.25, 0.3) is 16.6 Å². The van der Waals surface area contributed by atoms with Crippen molar-refractivity contribution in [3.8, 4) is 0 Å². The molecule has 1 atom stereocenters. The molecule has 0 saturated carbocycles. The largest absolute Gasteiger partial charge is 0.350 e. The molecule has 2 aliphatic heterocycles. The Kier molecular flexibility index (Phi) is 9.50. The third kappa shape index (κ3) is 6.80. The molecule has 0 aliphatic carbocycles. The highest BCUT2D eigenvalue weighted by Crippen LogP contribution is 2.28. The predicted molar refractivity (Wildman–Crippen MR) is 157 cm³/mol. The van der Waals surface area contributed by atoms with Crippen LogP contribution in [0.3, 0.4) is 0 Å². The number of hydrogen-bond acceptors (Lipinski definition) is 7. The minimum Gasteiger partial charge on any atom is -0.350 e. The van der Waals surface area contributed by atoms with Gasteiger partial charge >= 0.3 is 0 Å². The van der Waals surface area contributed by atoms with Crippen LogP contribution >= 0.6 is 0 Å². The van der Waals surface area contributed by atoms with Gasteiger partial charge in [0.2, 0.25) is 5.95 Å². The molecule has 3 aromatic rings. The van der Waals surface area contributed by atoms with Crippen molar-refractivity contribution in [3.63, 3.8) is 0 Å². The van der Waals surface area contributed by atoms with Gasteiger partial charge in [0.25, 0.3) is 0 Å². The lowest BCUT2D eigenvalue weighted by Crippen LogP contribution is -2.38. The quantitative estimate of drug-likeness (QED) is 0.285. The van der Waals surface area contributed by atoms with Crippen molar-refractivity contribution in [2.45, 2.75) is 77.7 Å². The highest BCUT2D eigenvalue weighted by molar-refractivity contribution is 5.84. The molecule has 2 fully saturated rings. The number of benzene rings is 1. The second-order valence-electron chi connectivity index (χ2n) is 10.9. The van der Waals surface area contributed by atoms with E-state index in [0.717, 1.165) is 89.2 Å². The van der Waals surface area contributed by atoms with E-state index in [2.05, 4.69) is 81.1 Å². The molecule has 0 radical (unpaired) electrons. The maximum atomic E-state index is 5.62. The van der Waals surface area contributed by atoms with Crippen LogP contribution in [0.1, 0.15) is 76.0 Å². The molecule has 1 unspecified atom stereocenters. The number of hydrogen-bond donors (Lipinski definition) is 2. The maximum Gasteiger partial charge on any atom is 0.225 e. The molecule has 2 aliphatic rings. The third-order valence-corrected chi connectivity index (χ3v) is 8.24. The van der Waals surface area contributed by atoms with Crippen molar-refractivity contribution in [3.05, 3.63) is 60.6 Å². The fourth-order valence-corrected chi connectivity index (χ4v) is 5.79. The molecule has 210 valence electrons. The second-order valence-corrected chi connectivity index (χ2v) is 10.9. The number of hydroxylamine groups is 1. The van der Waals surface area contributed by atoms with Gasteiger partial charge in [0.1, 0.15) is 0 Å². The number of ether oxygens (including phenoxy) is 1. The van der Waals surface area contributed by atoms with E-state index in [0.29, 0.717) is 17.7 Å². The minimum absolute atomic E-state index is 0.221. The number of nitrogens with zero attached hydrogens (tertiary/aromatic N) is 4. The van der Waals surface area contributed by atoms with E-state index in [-0.39, 0.29) is 6.29 Å². The van der Waals surface area contributed by atoms with Crippen molar-refractivity contribution in [1.82, 2.24) is 25.3 Å². The Labute approximate surface area is 232 Å². The lowest BCUT2D eigenvalue weighted by Gasteiger charge is -2.32. The van der Waals surface area contributed by atoms with Crippen LogP contribution in [0.15, 0.2) is 49.4 Å². The lowest BCUT2D eigenvalue weighted by atomic mass is 9.97. The Bertz CT molecular complexity index is 1190. The standard InChI is InChI=1S/C31H44N6O2/c1-4-27(5-2)37-22-26(28-10-6-7-11-29(28)37)19-32-18-24-13-15-36(16-14-24)31-33-20-25(21-34-31)23(3)35-39-30-12-8-9-17-38-30/h6-7,10-11,20-22,24,27,30,32,35H,3-5,8-9,12-19H2,1-2H3.